The third-order valence-corrected chi connectivity index (χ3v) is 5.85. The molecule has 0 aliphatic heterocycles. The second kappa shape index (κ2) is 11.4. The van der Waals surface area contributed by atoms with Crippen molar-refractivity contribution in [1.82, 2.24) is 10.2 Å². The Morgan fingerprint density at radius 3 is 2.11 bits per heavy atom. The molecule has 8 nitrogen and oxygen atoms in total. The van der Waals surface area contributed by atoms with Gasteiger partial charge in [0, 0.05) is 32.6 Å². The summed E-state index contributed by atoms with van der Waals surface area (Å²) in [5.74, 6) is -1.70. The number of hydrogen-bond donors (Lipinski definition) is 2. The van der Waals surface area contributed by atoms with Crippen molar-refractivity contribution in [3.8, 4) is 11.1 Å². The van der Waals surface area contributed by atoms with E-state index in [-0.39, 0.29) is 37.5 Å². The van der Waals surface area contributed by atoms with Crippen molar-refractivity contribution >= 4 is 18.0 Å². The highest BCUT2D eigenvalue weighted by Gasteiger charge is 2.32. The zero-order valence-electron chi connectivity index (χ0n) is 20.7. The van der Waals surface area contributed by atoms with Gasteiger partial charge in [0.25, 0.3) is 0 Å². The quantitative estimate of drug-likeness (QED) is 0.532. The van der Waals surface area contributed by atoms with Gasteiger partial charge in [-0.2, -0.15) is 0 Å². The molecule has 0 fully saturated rings. The number of amides is 2. The van der Waals surface area contributed by atoms with Gasteiger partial charge in [0.1, 0.15) is 19.2 Å². The molecule has 35 heavy (non-hydrogen) atoms. The van der Waals surface area contributed by atoms with Crippen LogP contribution in [0.4, 0.5) is 4.79 Å². The van der Waals surface area contributed by atoms with E-state index in [9.17, 15) is 19.5 Å². The van der Waals surface area contributed by atoms with E-state index in [1.807, 2.05) is 57.2 Å². The Kier molecular flexibility index (Phi) is 8.51. The lowest BCUT2D eigenvalue weighted by Gasteiger charge is -2.31. The number of benzene rings is 2. The molecule has 0 saturated carbocycles. The van der Waals surface area contributed by atoms with Gasteiger partial charge in [-0.15, -0.1) is 0 Å². The Labute approximate surface area is 206 Å². The Balaban J connectivity index is 1.71. The molecule has 0 saturated heterocycles. The van der Waals surface area contributed by atoms with E-state index in [4.69, 9.17) is 9.47 Å². The minimum Gasteiger partial charge on any atom is -0.480 e. The normalized spacial score (nSPS) is 13.5. The Morgan fingerprint density at radius 2 is 1.60 bits per heavy atom. The van der Waals surface area contributed by atoms with Crippen molar-refractivity contribution in [2.75, 3.05) is 33.4 Å². The highest BCUT2D eigenvalue weighted by atomic mass is 16.5. The van der Waals surface area contributed by atoms with Crippen molar-refractivity contribution in [2.45, 2.75) is 39.2 Å². The highest BCUT2D eigenvalue weighted by Crippen LogP contribution is 2.44. The highest BCUT2D eigenvalue weighted by molar-refractivity contribution is 5.88. The van der Waals surface area contributed by atoms with Crippen LogP contribution in [0.15, 0.2) is 48.5 Å². The maximum Gasteiger partial charge on any atom is 0.407 e. The topological polar surface area (TPSA) is 105 Å². The van der Waals surface area contributed by atoms with Crippen LogP contribution in [-0.2, 0) is 19.1 Å². The Bertz CT molecular complexity index is 1020. The van der Waals surface area contributed by atoms with E-state index in [0.29, 0.717) is 0 Å². The molecule has 2 N–H and O–H groups in total. The molecule has 0 bridgehead atoms. The zero-order valence-corrected chi connectivity index (χ0v) is 20.7. The predicted molar refractivity (Wildman–Crippen MR) is 132 cm³/mol. The molecule has 0 spiro atoms. The summed E-state index contributed by atoms with van der Waals surface area (Å²) >= 11 is 0. The Morgan fingerprint density at radius 1 is 1.03 bits per heavy atom. The number of rotatable bonds is 10. The number of nitrogens with one attached hydrogen (secondary N) is 1. The van der Waals surface area contributed by atoms with E-state index < -0.39 is 30.6 Å². The average molecular weight is 483 g/mol. The van der Waals surface area contributed by atoms with Gasteiger partial charge >= 0.3 is 12.1 Å². The van der Waals surface area contributed by atoms with Gasteiger partial charge in [-0.1, -0.05) is 69.3 Å². The summed E-state index contributed by atoms with van der Waals surface area (Å²) in [5, 5.41) is 11.9. The number of hydrogen-bond acceptors (Lipinski definition) is 5. The number of carbonyl (C=O) groups excluding carboxylic acids is 2. The van der Waals surface area contributed by atoms with Gasteiger partial charge in [-0.25, -0.2) is 4.79 Å². The fourth-order valence-electron chi connectivity index (χ4n) is 4.44. The van der Waals surface area contributed by atoms with Crippen molar-refractivity contribution < 1.29 is 29.0 Å². The van der Waals surface area contributed by atoms with Crippen LogP contribution in [0, 0.1) is 5.41 Å². The van der Waals surface area contributed by atoms with Crippen molar-refractivity contribution in [1.29, 1.82) is 0 Å². The maximum atomic E-state index is 13.2. The van der Waals surface area contributed by atoms with E-state index in [2.05, 4.69) is 17.4 Å². The van der Waals surface area contributed by atoms with Gasteiger partial charge in [-0.05, 0) is 27.7 Å². The molecule has 1 atom stereocenters. The maximum absolute atomic E-state index is 13.2. The lowest BCUT2D eigenvalue weighted by atomic mass is 9.95. The molecule has 188 valence electrons. The number of alkyl carbamates (subject to hydrolysis) is 1. The van der Waals surface area contributed by atoms with Crippen LogP contribution in [0.1, 0.15) is 44.2 Å². The van der Waals surface area contributed by atoms with Gasteiger partial charge in [0.05, 0.1) is 0 Å². The molecule has 0 aromatic heterocycles. The summed E-state index contributed by atoms with van der Waals surface area (Å²) in [7, 11) is 1.50. The van der Waals surface area contributed by atoms with Crippen LogP contribution in [0.2, 0.25) is 0 Å². The molecular formula is C27H34N2O6. The minimum absolute atomic E-state index is 0.106. The summed E-state index contributed by atoms with van der Waals surface area (Å²) in [5.41, 5.74) is 4.10. The van der Waals surface area contributed by atoms with Crippen molar-refractivity contribution in [3.05, 3.63) is 59.7 Å². The minimum atomic E-state index is -1.12. The van der Waals surface area contributed by atoms with Crippen LogP contribution >= 0.6 is 0 Å². The lowest BCUT2D eigenvalue weighted by molar-refractivity contribution is -0.146. The summed E-state index contributed by atoms with van der Waals surface area (Å²) in [4.78, 5) is 38.6. The van der Waals surface area contributed by atoms with E-state index in [0.717, 1.165) is 22.3 Å². The van der Waals surface area contributed by atoms with Crippen LogP contribution in [0.3, 0.4) is 0 Å². The summed E-state index contributed by atoms with van der Waals surface area (Å²) < 4.78 is 10.7. The lowest BCUT2D eigenvalue weighted by Crippen LogP contribution is -2.52. The predicted octanol–water partition coefficient (Wildman–Crippen LogP) is 3.89. The van der Waals surface area contributed by atoms with Crippen molar-refractivity contribution in [2.24, 2.45) is 5.41 Å². The molecule has 8 heteroatoms. The molecule has 2 aromatic carbocycles. The first kappa shape index (κ1) is 26.2. The first-order valence-electron chi connectivity index (χ1n) is 11.7. The van der Waals surface area contributed by atoms with Gasteiger partial charge in [0.15, 0.2) is 0 Å². The average Bonchev–Trinajstić information content (AvgIpc) is 3.12. The molecule has 1 aliphatic rings. The number of nitrogens with zero attached hydrogens (tertiary/aromatic N) is 1. The number of ether oxygens (including phenoxy) is 2. The molecule has 2 amide bonds. The summed E-state index contributed by atoms with van der Waals surface area (Å²) in [6.07, 6.45) is -0.535. The zero-order chi connectivity index (χ0) is 25.6. The number of aliphatic carboxylic acids is 1. The van der Waals surface area contributed by atoms with Gasteiger partial charge < -0.3 is 24.8 Å². The first-order valence-corrected chi connectivity index (χ1v) is 11.7. The number of carboxylic acid groups (broad SMARTS) is 1. The van der Waals surface area contributed by atoms with E-state index >= 15 is 0 Å². The molecule has 0 heterocycles. The van der Waals surface area contributed by atoms with Gasteiger partial charge in [-0.3, -0.25) is 9.59 Å². The van der Waals surface area contributed by atoms with Crippen LogP contribution in [-0.4, -0.2) is 67.4 Å². The van der Waals surface area contributed by atoms with Gasteiger partial charge in [0.2, 0.25) is 5.91 Å². The van der Waals surface area contributed by atoms with Crippen LogP contribution < -0.4 is 5.32 Å². The second-order valence-electron chi connectivity index (χ2n) is 9.95. The van der Waals surface area contributed by atoms with E-state index in [1.165, 1.54) is 12.0 Å². The molecule has 1 unspecified atom stereocenters. The monoisotopic (exact) mass is 482 g/mol. The smallest absolute Gasteiger partial charge is 0.407 e. The number of carbonyl (C=O) groups is 3. The fourth-order valence-corrected chi connectivity index (χ4v) is 4.44. The summed E-state index contributed by atoms with van der Waals surface area (Å²) in [6.45, 7) is 5.86. The standard InChI is InChI=1S/C27H34N2O6/c1-27(2,3)17-29(15-24(30)31)25(32)23(13-14-34-4)28-26(33)35-16-22-20-11-7-5-9-18(20)19-10-6-8-12-21(19)22/h5-12,22-23H,13-17H2,1-4H3,(H,28,33)(H,30,31). The molecule has 0 radical (unpaired) electrons. The molecular weight excluding hydrogens is 448 g/mol. The first-order chi connectivity index (χ1) is 16.6. The third kappa shape index (κ3) is 6.82. The molecule has 1 aliphatic carbocycles. The van der Waals surface area contributed by atoms with E-state index in [1.54, 1.807) is 0 Å². The molecule has 3 rings (SSSR count). The third-order valence-electron chi connectivity index (χ3n) is 5.85. The largest absolute Gasteiger partial charge is 0.480 e. The Hall–Kier alpha value is -3.39. The second-order valence-corrected chi connectivity index (χ2v) is 9.95. The van der Waals surface area contributed by atoms with Crippen LogP contribution in [0.25, 0.3) is 11.1 Å². The number of methoxy groups -OCH3 is 1. The number of fused-ring (bicyclic) bond motifs is 3. The SMILES string of the molecule is COCCC(NC(=O)OCC1c2ccccc2-c2ccccc21)C(=O)N(CC(=O)O)CC(C)(C)C. The molecule has 2 aromatic rings. The summed E-state index contributed by atoms with van der Waals surface area (Å²) in [6, 6.07) is 15.1. The fraction of sp³-hybridized carbons (Fsp3) is 0.444. The van der Waals surface area contributed by atoms with Crippen LogP contribution in [0.5, 0.6) is 0 Å². The van der Waals surface area contributed by atoms with Crippen molar-refractivity contribution in [3.63, 3.8) is 0 Å². The number of carboxylic acids is 1.